The van der Waals surface area contributed by atoms with Crippen LogP contribution in [0.1, 0.15) is 36.8 Å². The summed E-state index contributed by atoms with van der Waals surface area (Å²) < 4.78 is 5.46. The van der Waals surface area contributed by atoms with E-state index in [9.17, 15) is 9.90 Å². The number of rotatable bonds is 7. The summed E-state index contributed by atoms with van der Waals surface area (Å²) in [5, 5.41) is 9.79. The molecule has 1 aromatic heterocycles. The maximum absolute atomic E-state index is 11.9. The highest BCUT2D eigenvalue weighted by molar-refractivity contribution is 6.01. The zero-order valence-corrected chi connectivity index (χ0v) is 14.7. The monoisotopic (exact) mass is 328 g/mol. The van der Waals surface area contributed by atoms with Crippen LogP contribution in [0.15, 0.2) is 30.3 Å². The van der Waals surface area contributed by atoms with Crippen molar-refractivity contribution in [2.75, 3.05) is 24.6 Å². The van der Waals surface area contributed by atoms with Gasteiger partial charge in [-0.15, -0.1) is 0 Å². The van der Waals surface area contributed by atoms with E-state index in [4.69, 9.17) is 4.74 Å². The number of hydrogen-bond donors (Lipinski definition) is 1. The molecule has 5 heteroatoms. The summed E-state index contributed by atoms with van der Waals surface area (Å²) >= 11 is 0. The zero-order valence-electron chi connectivity index (χ0n) is 14.7. The molecule has 0 saturated heterocycles. The minimum Gasteiger partial charge on any atom is -0.494 e. The molecule has 0 aliphatic rings. The molecule has 128 valence electrons. The first kappa shape index (κ1) is 17.8. The summed E-state index contributed by atoms with van der Waals surface area (Å²) in [6, 6.07) is 9.32. The van der Waals surface area contributed by atoms with Crippen molar-refractivity contribution in [3.8, 4) is 16.9 Å². The molecule has 24 heavy (non-hydrogen) atoms. The minimum atomic E-state index is -0.965. The lowest BCUT2D eigenvalue weighted by molar-refractivity contribution is 0.0698. The molecule has 0 unspecified atom stereocenters. The Morgan fingerprint density at radius 1 is 1.17 bits per heavy atom. The fraction of sp³-hybridized carbons (Fsp3) is 0.368. The predicted octanol–water partition coefficient (Wildman–Crippen LogP) is 4.00. The summed E-state index contributed by atoms with van der Waals surface area (Å²) in [6.07, 6.45) is 0. The van der Waals surface area contributed by atoms with Crippen LogP contribution in [0.5, 0.6) is 5.75 Å². The van der Waals surface area contributed by atoms with E-state index in [1.165, 1.54) is 0 Å². The van der Waals surface area contributed by atoms with E-state index in [1.54, 1.807) is 0 Å². The first-order chi connectivity index (χ1) is 11.5. The second kappa shape index (κ2) is 7.81. The Bertz CT molecular complexity index is 707. The fourth-order valence-corrected chi connectivity index (χ4v) is 2.74. The highest BCUT2D eigenvalue weighted by Crippen LogP contribution is 2.32. The number of aromatic nitrogens is 1. The molecule has 2 rings (SSSR count). The lowest BCUT2D eigenvalue weighted by Gasteiger charge is -2.23. The van der Waals surface area contributed by atoms with Gasteiger partial charge < -0.3 is 14.7 Å². The first-order valence-electron chi connectivity index (χ1n) is 8.24. The highest BCUT2D eigenvalue weighted by Gasteiger charge is 2.22. The van der Waals surface area contributed by atoms with Crippen LogP contribution in [0.2, 0.25) is 0 Å². The van der Waals surface area contributed by atoms with Crippen LogP contribution >= 0.6 is 0 Å². The maximum atomic E-state index is 11.9. The third-order valence-electron chi connectivity index (χ3n) is 3.88. The smallest absolute Gasteiger partial charge is 0.340 e. The molecular formula is C19H24N2O3. The number of aromatic carboxylic acids is 1. The molecule has 0 fully saturated rings. The predicted molar refractivity (Wildman–Crippen MR) is 96.1 cm³/mol. The summed E-state index contributed by atoms with van der Waals surface area (Å²) in [5.41, 5.74) is 2.56. The number of ether oxygens (including phenoxy) is 1. The number of benzene rings is 1. The Kier molecular flexibility index (Phi) is 5.79. The van der Waals surface area contributed by atoms with Gasteiger partial charge in [-0.05, 0) is 51.5 Å². The van der Waals surface area contributed by atoms with E-state index < -0.39 is 5.97 Å². The van der Waals surface area contributed by atoms with Crippen LogP contribution in [0, 0.1) is 6.92 Å². The number of hydrogen-bond acceptors (Lipinski definition) is 4. The van der Waals surface area contributed by atoms with Crippen molar-refractivity contribution in [2.45, 2.75) is 27.7 Å². The van der Waals surface area contributed by atoms with E-state index in [0.29, 0.717) is 31.1 Å². The summed E-state index contributed by atoms with van der Waals surface area (Å²) in [7, 11) is 0. The second-order valence-corrected chi connectivity index (χ2v) is 5.44. The van der Waals surface area contributed by atoms with Crippen molar-refractivity contribution < 1.29 is 14.6 Å². The SMILES string of the molecule is CCOc1ccc(-c2cc(C)nc(N(CC)CC)c2C(=O)O)cc1. The van der Waals surface area contributed by atoms with Crippen molar-refractivity contribution in [1.82, 2.24) is 4.98 Å². The minimum absolute atomic E-state index is 0.244. The topological polar surface area (TPSA) is 62.7 Å². The van der Waals surface area contributed by atoms with Gasteiger partial charge in [0.1, 0.15) is 17.1 Å². The van der Waals surface area contributed by atoms with Gasteiger partial charge in [0, 0.05) is 24.3 Å². The zero-order chi connectivity index (χ0) is 17.7. The molecule has 1 heterocycles. The molecule has 0 saturated carbocycles. The van der Waals surface area contributed by atoms with Crippen LogP contribution in [0.3, 0.4) is 0 Å². The summed E-state index contributed by atoms with van der Waals surface area (Å²) in [5.74, 6) is 0.331. The molecule has 0 aliphatic carbocycles. The Morgan fingerprint density at radius 2 is 1.79 bits per heavy atom. The molecule has 5 nitrogen and oxygen atoms in total. The summed E-state index contributed by atoms with van der Waals surface area (Å²) in [4.78, 5) is 18.4. The fourth-order valence-electron chi connectivity index (χ4n) is 2.74. The largest absolute Gasteiger partial charge is 0.494 e. The molecule has 0 radical (unpaired) electrons. The molecule has 0 aliphatic heterocycles. The van der Waals surface area contributed by atoms with Gasteiger partial charge in [0.25, 0.3) is 0 Å². The van der Waals surface area contributed by atoms with Gasteiger partial charge in [-0.3, -0.25) is 0 Å². The molecule has 0 spiro atoms. The quantitative estimate of drug-likeness (QED) is 0.832. The first-order valence-corrected chi connectivity index (χ1v) is 8.24. The van der Waals surface area contributed by atoms with Crippen molar-refractivity contribution >= 4 is 11.8 Å². The lowest BCUT2D eigenvalue weighted by Crippen LogP contribution is -2.26. The lowest BCUT2D eigenvalue weighted by atomic mass is 9.99. The van der Waals surface area contributed by atoms with Crippen LogP contribution < -0.4 is 9.64 Å². The van der Waals surface area contributed by atoms with Gasteiger partial charge >= 0.3 is 5.97 Å². The van der Waals surface area contributed by atoms with Gasteiger partial charge in [0.2, 0.25) is 0 Å². The van der Waals surface area contributed by atoms with Gasteiger partial charge in [0.05, 0.1) is 6.61 Å². The number of carboxylic acid groups (broad SMARTS) is 1. The second-order valence-electron chi connectivity index (χ2n) is 5.44. The standard InChI is InChI=1S/C19H24N2O3/c1-5-21(6-2)18-17(19(22)23)16(12-13(4)20-18)14-8-10-15(11-9-14)24-7-3/h8-12H,5-7H2,1-4H3,(H,22,23). The van der Waals surface area contributed by atoms with Gasteiger partial charge in [-0.2, -0.15) is 0 Å². The Morgan fingerprint density at radius 3 is 2.29 bits per heavy atom. The van der Waals surface area contributed by atoms with Crippen LogP contribution in [0.4, 0.5) is 5.82 Å². The summed E-state index contributed by atoms with van der Waals surface area (Å²) in [6.45, 7) is 9.81. The van der Waals surface area contributed by atoms with Crippen molar-refractivity contribution in [1.29, 1.82) is 0 Å². The third kappa shape index (κ3) is 3.67. The highest BCUT2D eigenvalue weighted by atomic mass is 16.5. The average Bonchev–Trinajstić information content (AvgIpc) is 2.56. The van der Waals surface area contributed by atoms with E-state index >= 15 is 0 Å². The number of nitrogens with zero attached hydrogens (tertiary/aromatic N) is 2. The van der Waals surface area contributed by atoms with Crippen LogP contribution in [0.25, 0.3) is 11.1 Å². The van der Waals surface area contributed by atoms with Gasteiger partial charge in [0.15, 0.2) is 0 Å². The van der Waals surface area contributed by atoms with Crippen LogP contribution in [-0.2, 0) is 0 Å². The van der Waals surface area contributed by atoms with E-state index in [2.05, 4.69) is 4.98 Å². The Labute approximate surface area is 142 Å². The molecule has 1 aromatic carbocycles. The number of aryl methyl sites for hydroxylation is 1. The average molecular weight is 328 g/mol. The van der Waals surface area contributed by atoms with Gasteiger partial charge in [-0.25, -0.2) is 9.78 Å². The van der Waals surface area contributed by atoms with E-state index in [0.717, 1.165) is 17.0 Å². The molecule has 0 amide bonds. The molecule has 1 N–H and O–H groups in total. The molecule has 2 aromatic rings. The Balaban J connectivity index is 2.62. The van der Waals surface area contributed by atoms with Crippen molar-refractivity contribution in [3.63, 3.8) is 0 Å². The molecule has 0 bridgehead atoms. The Hall–Kier alpha value is -2.56. The third-order valence-corrected chi connectivity index (χ3v) is 3.88. The van der Waals surface area contributed by atoms with Crippen molar-refractivity contribution in [2.24, 2.45) is 0 Å². The van der Waals surface area contributed by atoms with E-state index in [-0.39, 0.29) is 5.56 Å². The van der Waals surface area contributed by atoms with E-state index in [1.807, 2.05) is 62.9 Å². The van der Waals surface area contributed by atoms with Gasteiger partial charge in [-0.1, -0.05) is 12.1 Å². The number of carbonyl (C=O) groups is 1. The van der Waals surface area contributed by atoms with Crippen molar-refractivity contribution in [3.05, 3.63) is 41.6 Å². The maximum Gasteiger partial charge on any atom is 0.340 e. The normalized spacial score (nSPS) is 10.5. The number of anilines is 1. The molecular weight excluding hydrogens is 304 g/mol. The molecule has 0 atom stereocenters. The van der Waals surface area contributed by atoms with Crippen LogP contribution in [-0.4, -0.2) is 35.8 Å². The number of carboxylic acids is 1. The number of pyridine rings is 1.